The molecule has 19 heavy (non-hydrogen) atoms. The first kappa shape index (κ1) is 13.3. The first-order valence-electron chi connectivity index (χ1n) is 6.10. The highest BCUT2D eigenvalue weighted by Crippen LogP contribution is 2.20. The lowest BCUT2D eigenvalue weighted by Gasteiger charge is -2.18. The molecule has 0 bridgehead atoms. The molecule has 2 aromatic rings. The predicted molar refractivity (Wildman–Crippen MR) is 75.0 cm³/mol. The molecule has 0 heterocycles. The number of amides is 1. The van der Waals surface area contributed by atoms with Crippen molar-refractivity contribution < 1.29 is 9.18 Å². The fraction of sp³-hybridized carbons (Fsp3) is 0.188. The Morgan fingerprint density at radius 2 is 1.74 bits per heavy atom. The van der Waals surface area contributed by atoms with Crippen LogP contribution in [0, 0.1) is 19.7 Å². The lowest BCUT2D eigenvalue weighted by molar-refractivity contribution is 0.0992. The van der Waals surface area contributed by atoms with Crippen molar-refractivity contribution in [1.29, 1.82) is 0 Å². The lowest BCUT2D eigenvalue weighted by atomic mass is 10.1. The van der Waals surface area contributed by atoms with Crippen LogP contribution in [0.1, 0.15) is 21.5 Å². The number of anilines is 1. The van der Waals surface area contributed by atoms with Gasteiger partial charge >= 0.3 is 0 Å². The Balaban J connectivity index is 2.34. The van der Waals surface area contributed by atoms with Gasteiger partial charge in [0.25, 0.3) is 5.91 Å². The van der Waals surface area contributed by atoms with Crippen LogP contribution in [-0.4, -0.2) is 13.0 Å². The fourth-order valence-electron chi connectivity index (χ4n) is 1.90. The second-order valence-electron chi connectivity index (χ2n) is 4.61. The van der Waals surface area contributed by atoms with E-state index in [1.807, 2.05) is 26.0 Å². The van der Waals surface area contributed by atoms with Gasteiger partial charge in [-0.3, -0.25) is 4.79 Å². The summed E-state index contributed by atoms with van der Waals surface area (Å²) in [5.74, 6) is -0.615. The summed E-state index contributed by atoms with van der Waals surface area (Å²) in [6.07, 6.45) is 0. The summed E-state index contributed by atoms with van der Waals surface area (Å²) in [6, 6.07) is 11.7. The van der Waals surface area contributed by atoms with Gasteiger partial charge in [-0.15, -0.1) is 0 Å². The topological polar surface area (TPSA) is 20.3 Å². The van der Waals surface area contributed by atoms with Gasteiger partial charge < -0.3 is 4.90 Å². The van der Waals surface area contributed by atoms with Crippen molar-refractivity contribution >= 4 is 11.6 Å². The second kappa shape index (κ2) is 5.22. The summed E-state index contributed by atoms with van der Waals surface area (Å²) in [5.41, 5.74) is 3.03. The van der Waals surface area contributed by atoms with Crippen molar-refractivity contribution in [2.24, 2.45) is 0 Å². The van der Waals surface area contributed by atoms with E-state index in [1.165, 1.54) is 11.0 Å². The Labute approximate surface area is 112 Å². The highest BCUT2D eigenvalue weighted by molar-refractivity contribution is 6.05. The number of carbonyl (C=O) groups excluding carboxylic acids is 1. The Morgan fingerprint density at radius 3 is 2.37 bits per heavy atom. The molecule has 1 amide bonds. The van der Waals surface area contributed by atoms with E-state index < -0.39 is 5.82 Å². The first-order valence-corrected chi connectivity index (χ1v) is 6.10. The molecule has 0 unspecified atom stereocenters. The Hall–Kier alpha value is -2.16. The van der Waals surface area contributed by atoms with Gasteiger partial charge in [-0.2, -0.15) is 0 Å². The van der Waals surface area contributed by atoms with Gasteiger partial charge in [0.1, 0.15) is 5.82 Å². The molecule has 0 N–H and O–H groups in total. The van der Waals surface area contributed by atoms with Crippen LogP contribution in [0.4, 0.5) is 10.1 Å². The monoisotopic (exact) mass is 257 g/mol. The molecule has 0 saturated heterocycles. The van der Waals surface area contributed by atoms with Gasteiger partial charge in [0.05, 0.1) is 5.69 Å². The maximum atomic E-state index is 13.7. The molecule has 0 spiro atoms. The van der Waals surface area contributed by atoms with Crippen LogP contribution in [0.3, 0.4) is 0 Å². The number of nitrogens with zero attached hydrogens (tertiary/aromatic N) is 1. The summed E-state index contributed by atoms with van der Waals surface area (Å²) in [7, 11) is 1.58. The maximum absolute atomic E-state index is 13.7. The number of halogens is 1. The standard InChI is InChI=1S/C16H16FNO/c1-11-8-9-13(10-12(11)2)16(19)18(3)15-7-5-4-6-14(15)17/h4-10H,1-3H3. The Bertz CT molecular complexity index is 622. The molecule has 0 radical (unpaired) electrons. The van der Waals surface area contributed by atoms with Crippen molar-refractivity contribution in [3.05, 3.63) is 65.0 Å². The highest BCUT2D eigenvalue weighted by Gasteiger charge is 2.16. The van der Waals surface area contributed by atoms with E-state index in [4.69, 9.17) is 0 Å². The average Bonchev–Trinajstić information content (AvgIpc) is 2.41. The first-order chi connectivity index (χ1) is 9.00. The Kier molecular flexibility index (Phi) is 3.65. The number of hydrogen-bond donors (Lipinski definition) is 0. The molecule has 0 saturated carbocycles. The smallest absolute Gasteiger partial charge is 0.258 e. The summed E-state index contributed by atoms with van der Waals surface area (Å²) in [5, 5.41) is 0. The minimum atomic E-state index is -0.401. The zero-order chi connectivity index (χ0) is 14.0. The molecule has 3 heteroatoms. The van der Waals surface area contributed by atoms with Gasteiger partial charge in [0.15, 0.2) is 0 Å². The number of rotatable bonds is 2. The summed E-state index contributed by atoms with van der Waals surface area (Å²) >= 11 is 0. The van der Waals surface area contributed by atoms with Crippen LogP contribution in [0.25, 0.3) is 0 Å². The molecule has 2 nitrogen and oxygen atoms in total. The van der Waals surface area contributed by atoms with Crippen molar-refractivity contribution in [2.75, 3.05) is 11.9 Å². The molecule has 0 aliphatic heterocycles. The summed E-state index contributed by atoms with van der Waals surface area (Å²) in [4.78, 5) is 13.7. The third-order valence-electron chi connectivity index (χ3n) is 3.27. The number of para-hydroxylation sites is 1. The summed E-state index contributed by atoms with van der Waals surface area (Å²) < 4.78 is 13.7. The van der Waals surface area contributed by atoms with E-state index in [9.17, 15) is 9.18 Å². The van der Waals surface area contributed by atoms with Gasteiger partial charge in [-0.1, -0.05) is 18.2 Å². The van der Waals surface area contributed by atoms with Gasteiger partial charge in [-0.25, -0.2) is 4.39 Å². The predicted octanol–water partition coefficient (Wildman–Crippen LogP) is 3.72. The van der Waals surface area contributed by atoms with E-state index in [0.717, 1.165) is 11.1 Å². The quantitative estimate of drug-likeness (QED) is 0.803. The zero-order valence-corrected chi connectivity index (χ0v) is 11.3. The Morgan fingerprint density at radius 1 is 1.05 bits per heavy atom. The normalized spacial score (nSPS) is 10.3. The van der Waals surface area contributed by atoms with E-state index in [1.54, 1.807) is 31.3 Å². The van der Waals surface area contributed by atoms with Crippen LogP contribution in [0.5, 0.6) is 0 Å². The van der Waals surface area contributed by atoms with Gasteiger partial charge in [-0.05, 0) is 49.2 Å². The van der Waals surface area contributed by atoms with Crippen molar-refractivity contribution in [3.8, 4) is 0 Å². The molecular formula is C16H16FNO. The van der Waals surface area contributed by atoms with Crippen LogP contribution >= 0.6 is 0 Å². The van der Waals surface area contributed by atoms with Gasteiger partial charge in [0.2, 0.25) is 0 Å². The van der Waals surface area contributed by atoms with Crippen molar-refractivity contribution in [3.63, 3.8) is 0 Å². The molecule has 2 aromatic carbocycles. The van der Waals surface area contributed by atoms with E-state index >= 15 is 0 Å². The van der Waals surface area contributed by atoms with Crippen molar-refractivity contribution in [1.82, 2.24) is 0 Å². The average molecular weight is 257 g/mol. The summed E-state index contributed by atoms with van der Waals surface area (Å²) in [6.45, 7) is 3.94. The number of aryl methyl sites for hydroxylation is 2. The third kappa shape index (κ3) is 2.65. The van der Waals surface area contributed by atoms with Crippen LogP contribution in [0.15, 0.2) is 42.5 Å². The molecule has 0 atom stereocenters. The highest BCUT2D eigenvalue weighted by atomic mass is 19.1. The second-order valence-corrected chi connectivity index (χ2v) is 4.61. The van der Waals surface area contributed by atoms with Crippen LogP contribution < -0.4 is 4.90 Å². The fourth-order valence-corrected chi connectivity index (χ4v) is 1.90. The molecular weight excluding hydrogens is 241 g/mol. The number of benzene rings is 2. The number of carbonyl (C=O) groups is 1. The number of hydrogen-bond acceptors (Lipinski definition) is 1. The van der Waals surface area contributed by atoms with E-state index in [0.29, 0.717) is 5.56 Å². The minimum Gasteiger partial charge on any atom is -0.309 e. The molecule has 0 fully saturated rings. The third-order valence-corrected chi connectivity index (χ3v) is 3.27. The van der Waals surface area contributed by atoms with Crippen LogP contribution in [0.2, 0.25) is 0 Å². The maximum Gasteiger partial charge on any atom is 0.258 e. The minimum absolute atomic E-state index is 0.215. The van der Waals surface area contributed by atoms with Gasteiger partial charge in [0, 0.05) is 12.6 Å². The van der Waals surface area contributed by atoms with Crippen molar-refractivity contribution in [2.45, 2.75) is 13.8 Å². The molecule has 0 aliphatic carbocycles. The zero-order valence-electron chi connectivity index (χ0n) is 11.3. The molecule has 98 valence electrons. The van der Waals surface area contributed by atoms with E-state index in [2.05, 4.69) is 0 Å². The van der Waals surface area contributed by atoms with Crippen LogP contribution in [-0.2, 0) is 0 Å². The molecule has 2 rings (SSSR count). The lowest BCUT2D eigenvalue weighted by Crippen LogP contribution is -2.27. The SMILES string of the molecule is Cc1ccc(C(=O)N(C)c2ccccc2F)cc1C. The molecule has 0 aromatic heterocycles. The van der Waals surface area contributed by atoms with E-state index in [-0.39, 0.29) is 11.6 Å². The largest absolute Gasteiger partial charge is 0.309 e. The molecule has 0 aliphatic rings.